The number of nitrogens with one attached hydrogen (secondary N) is 2. The van der Waals surface area contributed by atoms with Crippen molar-refractivity contribution in [1.82, 2.24) is 5.32 Å². The number of rotatable bonds is 6. The summed E-state index contributed by atoms with van der Waals surface area (Å²) in [6.45, 7) is -1.20. The molecule has 1 rings (SSSR count). The van der Waals surface area contributed by atoms with E-state index >= 15 is 0 Å². The van der Waals surface area contributed by atoms with E-state index < -0.39 is 12.8 Å². The van der Waals surface area contributed by atoms with Crippen LogP contribution in [0.2, 0.25) is 0 Å². The number of ether oxygens (including phenoxy) is 1. The number of hydrogen-bond acceptors (Lipinski definition) is 4. The molecule has 0 aromatic heterocycles. The lowest BCUT2D eigenvalue weighted by atomic mass is 10.1. The maximum absolute atomic E-state index is 11.8. The number of nitrogens with two attached hydrogens (primary N) is 1. The Kier molecular flexibility index (Phi) is 5.63. The lowest BCUT2D eigenvalue weighted by Gasteiger charge is -2.11. The van der Waals surface area contributed by atoms with Gasteiger partial charge in [-0.05, 0) is 18.2 Å². The summed E-state index contributed by atoms with van der Waals surface area (Å²) in [6.07, 6.45) is -4.33. The van der Waals surface area contributed by atoms with Crippen LogP contribution in [0.1, 0.15) is 10.4 Å². The third-order valence-corrected chi connectivity index (χ3v) is 2.37. The number of carbonyl (C=O) groups is 1. The zero-order valence-electron chi connectivity index (χ0n) is 10.9. The molecule has 0 atom stereocenters. The van der Waals surface area contributed by atoms with Crippen molar-refractivity contribution in [1.29, 1.82) is 0 Å². The smallest absolute Gasteiger partial charge is 0.397 e. The molecule has 0 saturated heterocycles. The molecule has 112 valence electrons. The van der Waals surface area contributed by atoms with Gasteiger partial charge in [-0.25, -0.2) is 0 Å². The van der Waals surface area contributed by atoms with Crippen LogP contribution in [0.5, 0.6) is 0 Å². The van der Waals surface area contributed by atoms with Crippen LogP contribution in [-0.2, 0) is 4.74 Å². The molecule has 0 aliphatic heterocycles. The summed E-state index contributed by atoms with van der Waals surface area (Å²) in [5, 5.41) is 5.29. The van der Waals surface area contributed by atoms with Gasteiger partial charge in [0.05, 0.1) is 18.0 Å². The third-order valence-electron chi connectivity index (χ3n) is 2.37. The highest BCUT2D eigenvalue weighted by Gasteiger charge is 2.27. The number of halogens is 3. The van der Waals surface area contributed by atoms with Gasteiger partial charge in [-0.3, -0.25) is 4.79 Å². The Morgan fingerprint density at radius 3 is 2.65 bits per heavy atom. The molecule has 0 unspecified atom stereocenters. The maximum atomic E-state index is 11.8. The van der Waals surface area contributed by atoms with E-state index in [2.05, 4.69) is 15.4 Å². The standard InChI is InChI=1S/C12H16F3N3O2/c1-17-11(19)8-2-3-10(9(16)6-8)18-4-5-20-7-12(13,14)15/h2-3,6,18H,4-5,7,16H2,1H3,(H,17,19). The van der Waals surface area contributed by atoms with E-state index in [0.29, 0.717) is 16.9 Å². The number of nitrogen functional groups attached to an aromatic ring is 1. The van der Waals surface area contributed by atoms with Gasteiger partial charge in [0.1, 0.15) is 6.61 Å². The van der Waals surface area contributed by atoms with Gasteiger partial charge in [0.25, 0.3) is 5.91 Å². The first-order valence-electron chi connectivity index (χ1n) is 5.83. The number of anilines is 2. The van der Waals surface area contributed by atoms with Crippen molar-refractivity contribution in [3.05, 3.63) is 23.8 Å². The summed E-state index contributed by atoms with van der Waals surface area (Å²) < 4.78 is 39.9. The Morgan fingerprint density at radius 2 is 2.10 bits per heavy atom. The first kappa shape index (κ1) is 16.1. The molecule has 20 heavy (non-hydrogen) atoms. The van der Waals surface area contributed by atoms with Gasteiger partial charge in [-0.15, -0.1) is 0 Å². The summed E-state index contributed by atoms with van der Waals surface area (Å²) in [5.74, 6) is -0.267. The van der Waals surface area contributed by atoms with Crippen LogP contribution in [0.3, 0.4) is 0 Å². The van der Waals surface area contributed by atoms with Crippen LogP contribution in [0.4, 0.5) is 24.5 Å². The van der Waals surface area contributed by atoms with Crippen molar-refractivity contribution in [3.8, 4) is 0 Å². The van der Waals surface area contributed by atoms with Crippen molar-refractivity contribution in [2.24, 2.45) is 0 Å². The SMILES string of the molecule is CNC(=O)c1ccc(NCCOCC(F)(F)F)c(N)c1. The molecular weight excluding hydrogens is 275 g/mol. The van der Waals surface area contributed by atoms with Crippen LogP contribution in [-0.4, -0.2) is 38.9 Å². The average Bonchev–Trinajstić information content (AvgIpc) is 2.37. The van der Waals surface area contributed by atoms with E-state index in [0.717, 1.165) is 0 Å². The van der Waals surface area contributed by atoms with Gasteiger partial charge < -0.3 is 21.1 Å². The van der Waals surface area contributed by atoms with Gasteiger partial charge in [0.2, 0.25) is 0 Å². The molecule has 0 heterocycles. The fourth-order valence-electron chi connectivity index (χ4n) is 1.46. The minimum absolute atomic E-state index is 0.101. The quantitative estimate of drug-likeness (QED) is 0.550. The van der Waals surface area contributed by atoms with E-state index in [1.807, 2.05) is 0 Å². The molecule has 5 nitrogen and oxygen atoms in total. The zero-order valence-corrected chi connectivity index (χ0v) is 10.9. The van der Waals surface area contributed by atoms with Crippen molar-refractivity contribution in [2.75, 3.05) is 37.9 Å². The number of benzene rings is 1. The van der Waals surface area contributed by atoms with Crippen molar-refractivity contribution >= 4 is 17.3 Å². The first-order chi connectivity index (χ1) is 9.33. The predicted octanol–water partition coefficient (Wildman–Crippen LogP) is 1.62. The normalized spacial score (nSPS) is 11.2. The minimum atomic E-state index is -4.33. The molecule has 0 saturated carbocycles. The maximum Gasteiger partial charge on any atom is 0.411 e. The van der Waals surface area contributed by atoms with E-state index in [9.17, 15) is 18.0 Å². The topological polar surface area (TPSA) is 76.4 Å². The largest absolute Gasteiger partial charge is 0.411 e. The van der Waals surface area contributed by atoms with Crippen LogP contribution in [0.15, 0.2) is 18.2 Å². The lowest BCUT2D eigenvalue weighted by molar-refractivity contribution is -0.172. The number of alkyl halides is 3. The molecule has 0 aliphatic rings. The average molecular weight is 291 g/mol. The fraction of sp³-hybridized carbons (Fsp3) is 0.417. The highest BCUT2D eigenvalue weighted by molar-refractivity contribution is 5.95. The Hall–Kier alpha value is -1.96. The number of amides is 1. The van der Waals surface area contributed by atoms with Gasteiger partial charge in [0.15, 0.2) is 0 Å². The van der Waals surface area contributed by atoms with E-state index in [4.69, 9.17) is 5.73 Å². The Bertz CT molecular complexity index is 464. The summed E-state index contributed by atoms with van der Waals surface area (Å²) >= 11 is 0. The molecule has 0 radical (unpaired) electrons. The Labute approximate surface area is 114 Å². The molecule has 1 aromatic carbocycles. The monoisotopic (exact) mass is 291 g/mol. The van der Waals surface area contributed by atoms with Crippen LogP contribution in [0.25, 0.3) is 0 Å². The molecule has 0 bridgehead atoms. The minimum Gasteiger partial charge on any atom is -0.397 e. The molecule has 4 N–H and O–H groups in total. The fourth-order valence-corrected chi connectivity index (χ4v) is 1.46. The van der Waals surface area contributed by atoms with Crippen LogP contribution < -0.4 is 16.4 Å². The van der Waals surface area contributed by atoms with Gasteiger partial charge >= 0.3 is 6.18 Å². The van der Waals surface area contributed by atoms with Gasteiger partial charge in [-0.2, -0.15) is 13.2 Å². The highest BCUT2D eigenvalue weighted by Crippen LogP contribution is 2.19. The highest BCUT2D eigenvalue weighted by atomic mass is 19.4. The zero-order chi connectivity index (χ0) is 15.2. The molecule has 1 aromatic rings. The molecule has 0 spiro atoms. The van der Waals surface area contributed by atoms with Crippen LogP contribution >= 0.6 is 0 Å². The molecule has 0 fully saturated rings. The first-order valence-corrected chi connectivity index (χ1v) is 5.83. The second-order valence-corrected chi connectivity index (χ2v) is 3.98. The van der Waals surface area contributed by atoms with Crippen molar-refractivity contribution in [2.45, 2.75) is 6.18 Å². The lowest BCUT2D eigenvalue weighted by Crippen LogP contribution is -2.20. The van der Waals surface area contributed by atoms with Gasteiger partial charge in [0, 0.05) is 19.2 Å². The third kappa shape index (κ3) is 5.35. The van der Waals surface area contributed by atoms with Gasteiger partial charge in [-0.1, -0.05) is 0 Å². The number of carbonyl (C=O) groups excluding carboxylic acids is 1. The summed E-state index contributed by atoms with van der Waals surface area (Å²) in [4.78, 5) is 11.4. The summed E-state index contributed by atoms with van der Waals surface area (Å²) in [5.41, 5.74) is 7.01. The van der Waals surface area contributed by atoms with E-state index in [1.54, 1.807) is 12.1 Å². The Balaban J connectivity index is 2.43. The second kappa shape index (κ2) is 6.99. The second-order valence-electron chi connectivity index (χ2n) is 3.98. The summed E-state index contributed by atoms with van der Waals surface area (Å²) in [7, 11) is 1.50. The molecule has 1 amide bonds. The predicted molar refractivity (Wildman–Crippen MR) is 69.6 cm³/mol. The number of hydrogen-bond donors (Lipinski definition) is 3. The van der Waals surface area contributed by atoms with Crippen LogP contribution in [0, 0.1) is 0 Å². The molecule has 0 aliphatic carbocycles. The molecule has 8 heteroatoms. The Morgan fingerprint density at radius 1 is 1.40 bits per heavy atom. The van der Waals surface area contributed by atoms with E-state index in [-0.39, 0.29) is 19.1 Å². The van der Waals surface area contributed by atoms with E-state index in [1.165, 1.54) is 13.1 Å². The molecular formula is C12H16F3N3O2. The summed E-state index contributed by atoms with van der Waals surface area (Å²) in [6, 6.07) is 4.63. The van der Waals surface area contributed by atoms with Crippen molar-refractivity contribution < 1.29 is 22.7 Å². The van der Waals surface area contributed by atoms with Crippen molar-refractivity contribution in [3.63, 3.8) is 0 Å².